The minimum atomic E-state index is -0.227. The molecule has 2 N–H and O–H groups in total. The molecule has 1 aliphatic heterocycles. The smallest absolute Gasteiger partial charge is 0.222 e. The van der Waals surface area contributed by atoms with Gasteiger partial charge in [-0.2, -0.15) is 0 Å². The first-order chi connectivity index (χ1) is 8.88. The van der Waals surface area contributed by atoms with Crippen molar-refractivity contribution in [3.63, 3.8) is 0 Å². The van der Waals surface area contributed by atoms with Crippen molar-refractivity contribution in [3.8, 4) is 0 Å². The number of nitrogens with two attached hydrogens (primary N) is 1. The topological polar surface area (TPSA) is 55.6 Å². The maximum Gasteiger partial charge on any atom is 0.222 e. The van der Waals surface area contributed by atoms with Crippen molar-refractivity contribution < 1.29 is 9.53 Å². The molecule has 2 unspecified atom stereocenters. The van der Waals surface area contributed by atoms with E-state index in [2.05, 4.69) is 6.92 Å². The largest absolute Gasteiger partial charge is 0.369 e. The van der Waals surface area contributed by atoms with Crippen molar-refractivity contribution in [2.24, 2.45) is 11.7 Å². The molecule has 112 valence electrons. The molecule has 1 aliphatic rings. The molecule has 1 fully saturated rings. The van der Waals surface area contributed by atoms with Crippen LogP contribution < -0.4 is 5.73 Å². The zero-order chi connectivity index (χ0) is 14.5. The molecule has 19 heavy (non-hydrogen) atoms. The third kappa shape index (κ3) is 5.49. The van der Waals surface area contributed by atoms with Crippen LogP contribution >= 0.6 is 0 Å². The lowest BCUT2D eigenvalue weighted by atomic mass is 9.96. The van der Waals surface area contributed by atoms with E-state index in [-0.39, 0.29) is 17.6 Å². The molecule has 0 aromatic heterocycles. The van der Waals surface area contributed by atoms with Crippen LogP contribution in [-0.4, -0.2) is 42.1 Å². The molecular weight excluding hydrogens is 240 g/mol. The molecule has 4 heteroatoms. The normalized spacial score (nSPS) is 24.3. The van der Waals surface area contributed by atoms with E-state index in [0.29, 0.717) is 25.4 Å². The van der Waals surface area contributed by atoms with Crippen LogP contribution in [0.1, 0.15) is 53.4 Å². The van der Waals surface area contributed by atoms with Crippen LogP contribution in [-0.2, 0) is 9.53 Å². The third-order valence-electron chi connectivity index (χ3n) is 3.84. The Labute approximate surface area is 117 Å². The van der Waals surface area contributed by atoms with Gasteiger partial charge in [-0.15, -0.1) is 0 Å². The van der Waals surface area contributed by atoms with Gasteiger partial charge in [0.25, 0.3) is 0 Å². The van der Waals surface area contributed by atoms with Crippen molar-refractivity contribution in [2.45, 2.75) is 65.1 Å². The predicted octanol–water partition coefficient (Wildman–Crippen LogP) is 2.17. The lowest BCUT2D eigenvalue weighted by Crippen LogP contribution is -2.53. The fraction of sp³-hybridized carbons (Fsp3) is 0.933. The Morgan fingerprint density at radius 1 is 1.47 bits per heavy atom. The van der Waals surface area contributed by atoms with Gasteiger partial charge in [-0.25, -0.2) is 0 Å². The average molecular weight is 270 g/mol. The Hall–Kier alpha value is -0.610. The highest BCUT2D eigenvalue weighted by molar-refractivity contribution is 5.76. The Balaban J connectivity index is 2.44. The summed E-state index contributed by atoms with van der Waals surface area (Å²) in [4.78, 5) is 14.3. The van der Waals surface area contributed by atoms with Gasteiger partial charge >= 0.3 is 0 Å². The standard InChI is InChI=1S/C15H30N2O2/c1-5-13(8-9-16)6-7-14(18)17-10-12(2)19-15(3,4)11-17/h12-13H,5-11,16H2,1-4H3. The van der Waals surface area contributed by atoms with E-state index in [1.807, 2.05) is 25.7 Å². The quantitative estimate of drug-likeness (QED) is 0.804. The summed E-state index contributed by atoms with van der Waals surface area (Å²) in [6.07, 6.45) is 3.85. The van der Waals surface area contributed by atoms with Crippen molar-refractivity contribution in [1.82, 2.24) is 4.90 Å². The van der Waals surface area contributed by atoms with Crippen LogP contribution in [0.2, 0.25) is 0 Å². The Bertz CT molecular complexity index is 292. The highest BCUT2D eigenvalue weighted by Gasteiger charge is 2.33. The van der Waals surface area contributed by atoms with E-state index in [1.54, 1.807) is 0 Å². The second kappa shape index (κ2) is 7.25. The maximum atomic E-state index is 12.3. The van der Waals surface area contributed by atoms with Crippen molar-refractivity contribution in [1.29, 1.82) is 0 Å². The van der Waals surface area contributed by atoms with E-state index in [4.69, 9.17) is 10.5 Å². The molecule has 2 atom stereocenters. The molecule has 0 aromatic rings. The lowest BCUT2D eigenvalue weighted by molar-refractivity contribution is -0.158. The van der Waals surface area contributed by atoms with Gasteiger partial charge < -0.3 is 15.4 Å². The van der Waals surface area contributed by atoms with Gasteiger partial charge in [0.15, 0.2) is 0 Å². The minimum absolute atomic E-state index is 0.124. The summed E-state index contributed by atoms with van der Waals surface area (Å²) >= 11 is 0. The summed E-state index contributed by atoms with van der Waals surface area (Å²) in [5.41, 5.74) is 5.37. The highest BCUT2D eigenvalue weighted by atomic mass is 16.5. The number of rotatable bonds is 6. The van der Waals surface area contributed by atoms with Crippen molar-refractivity contribution >= 4 is 5.91 Å². The molecule has 1 rings (SSSR count). The van der Waals surface area contributed by atoms with Crippen LogP contribution in [0.25, 0.3) is 0 Å². The summed E-state index contributed by atoms with van der Waals surface area (Å²) in [7, 11) is 0. The van der Waals surface area contributed by atoms with Gasteiger partial charge in [-0.1, -0.05) is 13.3 Å². The molecule has 1 saturated heterocycles. The molecule has 0 saturated carbocycles. The van der Waals surface area contributed by atoms with E-state index < -0.39 is 0 Å². The molecular formula is C15H30N2O2. The second-order valence-electron chi connectivity index (χ2n) is 6.35. The average Bonchev–Trinajstić information content (AvgIpc) is 2.31. The molecule has 1 heterocycles. The first kappa shape index (κ1) is 16.4. The number of hydrogen-bond acceptors (Lipinski definition) is 3. The minimum Gasteiger partial charge on any atom is -0.369 e. The Morgan fingerprint density at radius 3 is 2.68 bits per heavy atom. The van der Waals surface area contributed by atoms with Gasteiger partial charge in [0.2, 0.25) is 5.91 Å². The third-order valence-corrected chi connectivity index (χ3v) is 3.84. The van der Waals surface area contributed by atoms with E-state index in [0.717, 1.165) is 25.8 Å². The summed E-state index contributed by atoms with van der Waals surface area (Å²) in [6, 6.07) is 0. The van der Waals surface area contributed by atoms with E-state index in [1.165, 1.54) is 0 Å². The van der Waals surface area contributed by atoms with Crippen LogP contribution in [0.5, 0.6) is 0 Å². The molecule has 4 nitrogen and oxygen atoms in total. The fourth-order valence-electron chi connectivity index (χ4n) is 2.92. The van der Waals surface area contributed by atoms with Gasteiger partial charge in [-0.3, -0.25) is 4.79 Å². The zero-order valence-corrected chi connectivity index (χ0v) is 12.9. The zero-order valence-electron chi connectivity index (χ0n) is 12.9. The summed E-state index contributed by atoms with van der Waals surface area (Å²) in [5, 5.41) is 0. The monoisotopic (exact) mass is 270 g/mol. The SMILES string of the molecule is CCC(CCN)CCC(=O)N1CC(C)OC(C)(C)C1. The molecule has 0 aromatic carbocycles. The van der Waals surface area contributed by atoms with Crippen molar-refractivity contribution in [3.05, 3.63) is 0 Å². The number of carbonyl (C=O) groups is 1. The van der Waals surface area contributed by atoms with Gasteiger partial charge in [-0.05, 0) is 46.1 Å². The Morgan fingerprint density at radius 2 is 2.16 bits per heavy atom. The lowest BCUT2D eigenvalue weighted by Gasteiger charge is -2.41. The number of amides is 1. The first-order valence-electron chi connectivity index (χ1n) is 7.53. The fourth-order valence-corrected chi connectivity index (χ4v) is 2.92. The van der Waals surface area contributed by atoms with Crippen LogP contribution in [0, 0.1) is 5.92 Å². The van der Waals surface area contributed by atoms with Crippen LogP contribution in [0.3, 0.4) is 0 Å². The molecule has 0 spiro atoms. The van der Waals surface area contributed by atoms with Crippen LogP contribution in [0.4, 0.5) is 0 Å². The number of nitrogens with zero attached hydrogens (tertiary/aromatic N) is 1. The highest BCUT2D eigenvalue weighted by Crippen LogP contribution is 2.22. The molecule has 0 bridgehead atoms. The predicted molar refractivity (Wildman–Crippen MR) is 77.9 cm³/mol. The van der Waals surface area contributed by atoms with Crippen molar-refractivity contribution in [2.75, 3.05) is 19.6 Å². The van der Waals surface area contributed by atoms with Gasteiger partial charge in [0, 0.05) is 19.5 Å². The van der Waals surface area contributed by atoms with E-state index in [9.17, 15) is 4.79 Å². The number of carbonyl (C=O) groups excluding carboxylic acids is 1. The second-order valence-corrected chi connectivity index (χ2v) is 6.35. The molecule has 0 radical (unpaired) electrons. The number of ether oxygens (including phenoxy) is 1. The summed E-state index contributed by atoms with van der Waals surface area (Å²) in [6.45, 7) is 10.4. The molecule has 0 aliphatic carbocycles. The maximum absolute atomic E-state index is 12.3. The summed E-state index contributed by atoms with van der Waals surface area (Å²) < 4.78 is 5.83. The number of morpholine rings is 1. The Kier molecular flexibility index (Phi) is 6.27. The van der Waals surface area contributed by atoms with E-state index >= 15 is 0 Å². The molecule has 1 amide bonds. The number of hydrogen-bond donors (Lipinski definition) is 1. The van der Waals surface area contributed by atoms with Gasteiger partial charge in [0.05, 0.1) is 11.7 Å². The first-order valence-corrected chi connectivity index (χ1v) is 7.53. The van der Waals surface area contributed by atoms with Gasteiger partial charge in [0.1, 0.15) is 0 Å². The van der Waals surface area contributed by atoms with Crippen LogP contribution in [0.15, 0.2) is 0 Å². The summed E-state index contributed by atoms with van der Waals surface area (Å²) in [5.74, 6) is 0.846.